The van der Waals surface area contributed by atoms with Crippen LogP contribution in [0, 0.1) is 6.92 Å². The van der Waals surface area contributed by atoms with Crippen LogP contribution in [-0.4, -0.2) is 19.9 Å². The number of aromatic nitrogens is 3. The van der Waals surface area contributed by atoms with Crippen molar-refractivity contribution in [2.45, 2.75) is 26.8 Å². The highest BCUT2D eigenvalue weighted by Crippen LogP contribution is 2.19. The van der Waals surface area contributed by atoms with Crippen molar-refractivity contribution in [1.82, 2.24) is 14.8 Å². The Balaban J connectivity index is 1.76. The van der Waals surface area contributed by atoms with Crippen LogP contribution in [0.25, 0.3) is 11.0 Å². The summed E-state index contributed by atoms with van der Waals surface area (Å²) in [7, 11) is 0. The van der Waals surface area contributed by atoms with Gasteiger partial charge in [0.1, 0.15) is 0 Å². The molecule has 2 heterocycles. The van der Waals surface area contributed by atoms with E-state index in [1.807, 2.05) is 48.1 Å². The summed E-state index contributed by atoms with van der Waals surface area (Å²) in [6.45, 7) is 6.21. The van der Waals surface area contributed by atoms with E-state index >= 15 is 0 Å². The fraction of sp³-hybridized carbons (Fsp3) is 0.235. The Morgan fingerprint density at radius 1 is 1.17 bits per heavy atom. The van der Waals surface area contributed by atoms with Gasteiger partial charge in [-0.2, -0.15) is 5.10 Å². The summed E-state index contributed by atoms with van der Waals surface area (Å²) in [4.78, 5) is 4.49. The zero-order valence-corrected chi connectivity index (χ0v) is 14.2. The molecule has 0 unspecified atom stereocenters. The average molecular weight is 325 g/mol. The van der Waals surface area contributed by atoms with Crippen molar-refractivity contribution < 1.29 is 0 Å². The van der Waals surface area contributed by atoms with E-state index in [9.17, 15) is 0 Å². The topological polar surface area (TPSA) is 54.8 Å². The van der Waals surface area contributed by atoms with E-state index in [1.54, 1.807) is 6.20 Å². The van der Waals surface area contributed by atoms with Crippen molar-refractivity contribution in [3.05, 3.63) is 48.3 Å². The van der Waals surface area contributed by atoms with Crippen molar-refractivity contribution in [2.24, 2.45) is 0 Å². The van der Waals surface area contributed by atoms with E-state index in [1.165, 1.54) is 0 Å². The van der Waals surface area contributed by atoms with Crippen LogP contribution in [0.1, 0.15) is 25.5 Å². The van der Waals surface area contributed by atoms with Crippen LogP contribution in [0.4, 0.5) is 11.4 Å². The third-order valence-electron chi connectivity index (χ3n) is 3.57. The molecule has 0 fully saturated rings. The maximum atomic E-state index is 5.38. The minimum Gasteiger partial charge on any atom is -0.332 e. The largest absolute Gasteiger partial charge is 0.332 e. The second kappa shape index (κ2) is 6.34. The molecule has 0 amide bonds. The van der Waals surface area contributed by atoms with Gasteiger partial charge in [-0.3, -0.25) is 0 Å². The molecular formula is C17H19N5S. The smallest absolute Gasteiger partial charge is 0.175 e. The quantitative estimate of drug-likeness (QED) is 0.709. The number of nitrogens with one attached hydrogen (secondary N) is 2. The molecule has 3 rings (SSSR count). The third-order valence-corrected chi connectivity index (χ3v) is 3.78. The maximum Gasteiger partial charge on any atom is 0.175 e. The fourth-order valence-electron chi connectivity index (χ4n) is 2.38. The minimum absolute atomic E-state index is 0.280. The van der Waals surface area contributed by atoms with Crippen LogP contribution in [0.15, 0.2) is 42.7 Å². The van der Waals surface area contributed by atoms with Gasteiger partial charge >= 0.3 is 0 Å². The predicted octanol–water partition coefficient (Wildman–Crippen LogP) is 4.13. The number of benzene rings is 1. The predicted molar refractivity (Wildman–Crippen MR) is 98.9 cm³/mol. The summed E-state index contributed by atoms with van der Waals surface area (Å²) >= 11 is 5.38. The number of nitrogens with zero attached hydrogens (tertiary/aromatic N) is 3. The molecule has 2 aromatic heterocycles. The maximum absolute atomic E-state index is 5.38. The SMILES string of the molecule is Cc1ccccc1NC(=S)Nc1cnc2c(cnn2C(C)C)c1. The van der Waals surface area contributed by atoms with Gasteiger partial charge in [0, 0.05) is 17.1 Å². The van der Waals surface area contributed by atoms with E-state index in [2.05, 4.69) is 34.6 Å². The zero-order valence-electron chi connectivity index (χ0n) is 13.4. The molecule has 3 aromatic rings. The third kappa shape index (κ3) is 3.32. The Morgan fingerprint density at radius 2 is 1.96 bits per heavy atom. The van der Waals surface area contributed by atoms with Gasteiger partial charge in [0.25, 0.3) is 0 Å². The van der Waals surface area contributed by atoms with E-state index in [0.717, 1.165) is 28.0 Å². The summed E-state index contributed by atoms with van der Waals surface area (Å²) < 4.78 is 1.91. The lowest BCUT2D eigenvalue weighted by Crippen LogP contribution is -2.19. The van der Waals surface area contributed by atoms with Gasteiger partial charge < -0.3 is 10.6 Å². The Morgan fingerprint density at radius 3 is 2.70 bits per heavy atom. The molecule has 0 radical (unpaired) electrons. The standard InChI is InChI=1S/C17H19N5S/c1-11(2)22-16-13(9-19-22)8-14(10-18-16)20-17(23)21-15-7-5-4-6-12(15)3/h4-11H,1-3H3,(H2,20,21,23). The monoisotopic (exact) mass is 325 g/mol. The lowest BCUT2D eigenvalue weighted by Gasteiger charge is -2.12. The minimum atomic E-state index is 0.280. The van der Waals surface area contributed by atoms with Gasteiger partial charge in [-0.25, -0.2) is 9.67 Å². The van der Waals surface area contributed by atoms with Crippen molar-refractivity contribution in [1.29, 1.82) is 0 Å². The molecule has 0 saturated heterocycles. The first-order valence-electron chi connectivity index (χ1n) is 7.51. The molecule has 1 aromatic carbocycles. The molecule has 0 saturated carbocycles. The van der Waals surface area contributed by atoms with Crippen LogP contribution in [0.2, 0.25) is 0 Å². The second-order valence-corrected chi connectivity index (χ2v) is 6.12. The van der Waals surface area contributed by atoms with E-state index < -0.39 is 0 Å². The van der Waals surface area contributed by atoms with E-state index in [-0.39, 0.29) is 6.04 Å². The zero-order chi connectivity index (χ0) is 16.4. The average Bonchev–Trinajstić information content (AvgIpc) is 2.93. The Hall–Kier alpha value is -2.47. The Bertz CT molecular complexity index is 853. The highest BCUT2D eigenvalue weighted by molar-refractivity contribution is 7.80. The number of hydrogen-bond acceptors (Lipinski definition) is 3. The van der Waals surface area contributed by atoms with Gasteiger partial charge in [-0.15, -0.1) is 0 Å². The lowest BCUT2D eigenvalue weighted by atomic mass is 10.2. The molecule has 0 atom stereocenters. The molecule has 0 aliphatic heterocycles. The lowest BCUT2D eigenvalue weighted by molar-refractivity contribution is 0.546. The number of anilines is 2. The number of aryl methyl sites for hydroxylation is 1. The van der Waals surface area contributed by atoms with Crippen molar-refractivity contribution in [3.8, 4) is 0 Å². The molecule has 0 bridgehead atoms. The van der Waals surface area contributed by atoms with E-state index in [4.69, 9.17) is 12.2 Å². The summed E-state index contributed by atoms with van der Waals surface area (Å²) in [6.07, 6.45) is 3.60. The fourth-order valence-corrected chi connectivity index (χ4v) is 2.61. The van der Waals surface area contributed by atoms with Crippen LogP contribution in [0.3, 0.4) is 0 Å². The number of thiocarbonyl (C=S) groups is 1. The first-order valence-corrected chi connectivity index (χ1v) is 7.92. The van der Waals surface area contributed by atoms with Gasteiger partial charge in [-0.1, -0.05) is 18.2 Å². The molecule has 0 spiro atoms. The normalized spacial score (nSPS) is 11.0. The van der Waals surface area contributed by atoms with Crippen molar-refractivity contribution >= 4 is 39.7 Å². The summed E-state index contributed by atoms with van der Waals surface area (Å²) in [5, 5.41) is 12.3. The molecule has 5 nitrogen and oxygen atoms in total. The summed E-state index contributed by atoms with van der Waals surface area (Å²) in [5.74, 6) is 0. The Labute approximate surface area is 140 Å². The number of para-hydroxylation sites is 1. The Kier molecular flexibility index (Phi) is 4.25. The van der Waals surface area contributed by atoms with Crippen LogP contribution >= 0.6 is 12.2 Å². The van der Waals surface area contributed by atoms with Crippen LogP contribution < -0.4 is 10.6 Å². The summed E-state index contributed by atoms with van der Waals surface area (Å²) in [5.41, 5.74) is 3.85. The van der Waals surface area contributed by atoms with Gasteiger partial charge in [0.2, 0.25) is 0 Å². The highest BCUT2D eigenvalue weighted by atomic mass is 32.1. The second-order valence-electron chi connectivity index (χ2n) is 5.71. The van der Waals surface area contributed by atoms with Crippen molar-refractivity contribution in [3.63, 3.8) is 0 Å². The number of fused-ring (bicyclic) bond motifs is 1. The van der Waals surface area contributed by atoms with Gasteiger partial charge in [0.05, 0.1) is 18.1 Å². The number of rotatable bonds is 3. The number of hydrogen-bond donors (Lipinski definition) is 2. The first-order chi connectivity index (χ1) is 11.0. The molecule has 2 N–H and O–H groups in total. The summed E-state index contributed by atoms with van der Waals surface area (Å²) in [6, 6.07) is 10.3. The highest BCUT2D eigenvalue weighted by Gasteiger charge is 2.08. The van der Waals surface area contributed by atoms with Gasteiger partial charge in [0.15, 0.2) is 10.8 Å². The van der Waals surface area contributed by atoms with E-state index in [0.29, 0.717) is 5.11 Å². The van der Waals surface area contributed by atoms with Gasteiger partial charge in [-0.05, 0) is 50.7 Å². The molecule has 118 valence electrons. The molecular weight excluding hydrogens is 306 g/mol. The molecule has 23 heavy (non-hydrogen) atoms. The first kappa shape index (κ1) is 15.4. The van der Waals surface area contributed by atoms with Crippen LogP contribution in [-0.2, 0) is 0 Å². The molecule has 0 aliphatic carbocycles. The van der Waals surface area contributed by atoms with Crippen LogP contribution in [0.5, 0.6) is 0 Å². The molecule has 6 heteroatoms. The van der Waals surface area contributed by atoms with Crippen molar-refractivity contribution in [2.75, 3.05) is 10.6 Å². The molecule has 0 aliphatic rings. The number of pyridine rings is 1.